The topological polar surface area (TPSA) is 87.0 Å². The zero-order valence-electron chi connectivity index (χ0n) is 16.4. The Morgan fingerprint density at radius 3 is 2.61 bits per heavy atom. The molecule has 0 unspecified atom stereocenters. The lowest BCUT2D eigenvalue weighted by Crippen LogP contribution is -2.35. The van der Waals surface area contributed by atoms with Crippen LogP contribution >= 0.6 is 0 Å². The Morgan fingerprint density at radius 2 is 1.96 bits per heavy atom. The molecule has 1 amide bonds. The lowest BCUT2D eigenvalue weighted by molar-refractivity contribution is -0.150. The van der Waals surface area contributed by atoms with Crippen molar-refractivity contribution in [1.29, 1.82) is 0 Å². The first-order valence-corrected chi connectivity index (χ1v) is 8.92. The molecule has 2 rings (SSSR count). The van der Waals surface area contributed by atoms with Crippen molar-refractivity contribution in [2.45, 2.75) is 39.5 Å². The van der Waals surface area contributed by atoms with Crippen LogP contribution < -0.4 is 14.8 Å². The molecule has 0 spiro atoms. The minimum atomic E-state index is -0.927. The van der Waals surface area contributed by atoms with E-state index in [1.54, 1.807) is 43.5 Å². The normalized spacial score (nSPS) is 12.0. The van der Waals surface area contributed by atoms with Crippen LogP contribution in [0.2, 0.25) is 0 Å². The third kappa shape index (κ3) is 6.50. The largest absolute Gasteiger partial charge is 0.493 e. The van der Waals surface area contributed by atoms with Crippen LogP contribution in [0, 0.1) is 0 Å². The zero-order chi connectivity index (χ0) is 20.5. The number of benzene rings is 1. The van der Waals surface area contributed by atoms with Crippen molar-refractivity contribution in [3.8, 4) is 11.5 Å². The average Bonchev–Trinajstić information content (AvgIpc) is 3.18. The first kappa shape index (κ1) is 21.1. The van der Waals surface area contributed by atoms with Gasteiger partial charge in [-0.15, -0.1) is 0 Å². The van der Waals surface area contributed by atoms with Gasteiger partial charge in [0.15, 0.2) is 17.6 Å². The maximum atomic E-state index is 12.0. The van der Waals surface area contributed by atoms with Gasteiger partial charge in [0.25, 0.3) is 5.91 Å². The van der Waals surface area contributed by atoms with Crippen LogP contribution in [-0.2, 0) is 20.9 Å². The molecule has 1 aromatic heterocycles. The Labute approximate surface area is 164 Å². The van der Waals surface area contributed by atoms with E-state index < -0.39 is 18.0 Å². The molecule has 0 saturated heterocycles. The highest BCUT2D eigenvalue weighted by molar-refractivity contribution is 5.90. The van der Waals surface area contributed by atoms with Crippen LogP contribution in [-0.4, -0.2) is 31.2 Å². The van der Waals surface area contributed by atoms with Crippen molar-refractivity contribution in [2.75, 3.05) is 7.11 Å². The molecule has 0 fully saturated rings. The quantitative estimate of drug-likeness (QED) is 0.525. The van der Waals surface area contributed by atoms with E-state index in [0.29, 0.717) is 17.3 Å². The summed E-state index contributed by atoms with van der Waals surface area (Å²) < 4.78 is 21.2. The van der Waals surface area contributed by atoms with E-state index >= 15 is 0 Å². The highest BCUT2D eigenvalue weighted by Crippen LogP contribution is 2.29. The Hall–Kier alpha value is -3.22. The highest BCUT2D eigenvalue weighted by atomic mass is 16.5. The molecule has 7 heteroatoms. The summed E-state index contributed by atoms with van der Waals surface area (Å²) in [4.78, 5) is 23.9. The Balaban J connectivity index is 1.89. The van der Waals surface area contributed by atoms with Crippen LogP contribution in [0.4, 0.5) is 0 Å². The summed E-state index contributed by atoms with van der Waals surface area (Å²) in [5, 5.41) is 2.64. The maximum Gasteiger partial charge on any atom is 0.331 e. The van der Waals surface area contributed by atoms with Gasteiger partial charge in [-0.3, -0.25) is 4.79 Å². The molecular weight excluding hydrogens is 362 g/mol. The second kappa shape index (κ2) is 10.2. The fourth-order valence-corrected chi connectivity index (χ4v) is 2.30. The predicted molar refractivity (Wildman–Crippen MR) is 104 cm³/mol. The number of hydrogen-bond acceptors (Lipinski definition) is 6. The molecule has 0 bridgehead atoms. The number of carbonyl (C=O) groups excluding carboxylic acids is 2. The van der Waals surface area contributed by atoms with Crippen molar-refractivity contribution in [2.24, 2.45) is 0 Å². The lowest BCUT2D eigenvalue weighted by atomic mass is 10.2. The number of rotatable bonds is 9. The van der Waals surface area contributed by atoms with Crippen LogP contribution in [0.3, 0.4) is 0 Å². The zero-order valence-corrected chi connectivity index (χ0v) is 16.4. The summed E-state index contributed by atoms with van der Waals surface area (Å²) in [7, 11) is 1.55. The molecule has 2 aromatic rings. The van der Waals surface area contributed by atoms with Crippen molar-refractivity contribution in [1.82, 2.24) is 5.32 Å². The molecule has 0 aliphatic rings. The number of furan rings is 1. The maximum absolute atomic E-state index is 12.0. The van der Waals surface area contributed by atoms with Gasteiger partial charge in [-0.1, -0.05) is 6.07 Å². The molecular formula is C21H25NO6. The van der Waals surface area contributed by atoms with E-state index in [1.165, 1.54) is 19.3 Å². The molecule has 0 saturated carbocycles. The first-order chi connectivity index (χ1) is 13.4. The molecule has 7 nitrogen and oxygen atoms in total. The SMILES string of the molecule is COc1cc(/C=C/C(=O)O[C@H](C)C(=O)NCc2ccco2)ccc1OC(C)C. The summed E-state index contributed by atoms with van der Waals surface area (Å²) in [6, 6.07) is 8.79. The first-order valence-electron chi connectivity index (χ1n) is 8.92. The third-order valence-corrected chi connectivity index (χ3v) is 3.64. The van der Waals surface area contributed by atoms with Crippen LogP contribution in [0.1, 0.15) is 32.1 Å². The van der Waals surface area contributed by atoms with E-state index in [0.717, 1.165) is 5.56 Å². The molecule has 1 atom stereocenters. The van der Waals surface area contributed by atoms with Crippen molar-refractivity contribution >= 4 is 18.0 Å². The van der Waals surface area contributed by atoms with Crippen LogP contribution in [0.15, 0.2) is 47.1 Å². The molecule has 0 radical (unpaired) electrons. The Kier molecular flexibility index (Phi) is 7.68. The van der Waals surface area contributed by atoms with Gasteiger partial charge in [0.1, 0.15) is 5.76 Å². The minimum Gasteiger partial charge on any atom is -0.493 e. The molecule has 1 heterocycles. The van der Waals surface area contributed by atoms with Gasteiger partial charge >= 0.3 is 5.97 Å². The number of amides is 1. The van der Waals surface area contributed by atoms with Crippen molar-refractivity contribution < 1.29 is 28.2 Å². The van der Waals surface area contributed by atoms with Gasteiger partial charge in [0.05, 0.1) is 26.0 Å². The summed E-state index contributed by atoms with van der Waals surface area (Å²) >= 11 is 0. The number of nitrogens with one attached hydrogen (secondary N) is 1. The number of methoxy groups -OCH3 is 1. The minimum absolute atomic E-state index is 0.0192. The summed E-state index contributed by atoms with van der Waals surface area (Å²) in [6.45, 7) is 5.59. The van der Waals surface area contributed by atoms with Crippen LogP contribution in [0.5, 0.6) is 11.5 Å². The number of esters is 1. The van der Waals surface area contributed by atoms with E-state index in [4.69, 9.17) is 18.6 Å². The van der Waals surface area contributed by atoms with Gasteiger partial charge in [-0.2, -0.15) is 0 Å². The molecule has 0 aliphatic carbocycles. The van der Waals surface area contributed by atoms with Gasteiger partial charge in [-0.05, 0) is 56.7 Å². The Morgan fingerprint density at radius 1 is 1.18 bits per heavy atom. The molecule has 0 aliphatic heterocycles. The van der Waals surface area contributed by atoms with Gasteiger partial charge in [0.2, 0.25) is 0 Å². The van der Waals surface area contributed by atoms with Crippen molar-refractivity contribution in [3.05, 3.63) is 54.0 Å². The van der Waals surface area contributed by atoms with E-state index in [2.05, 4.69) is 5.32 Å². The van der Waals surface area contributed by atoms with Gasteiger partial charge < -0.3 is 23.9 Å². The summed E-state index contributed by atoms with van der Waals surface area (Å²) in [6.07, 6.45) is 3.45. The lowest BCUT2D eigenvalue weighted by Gasteiger charge is -2.14. The summed E-state index contributed by atoms with van der Waals surface area (Å²) in [5.74, 6) is 0.775. The highest BCUT2D eigenvalue weighted by Gasteiger charge is 2.16. The van der Waals surface area contributed by atoms with Crippen molar-refractivity contribution in [3.63, 3.8) is 0 Å². The second-order valence-corrected chi connectivity index (χ2v) is 6.29. The summed E-state index contributed by atoms with van der Waals surface area (Å²) in [5.41, 5.74) is 0.736. The van der Waals surface area contributed by atoms with Gasteiger partial charge in [0, 0.05) is 6.08 Å². The van der Waals surface area contributed by atoms with Crippen LogP contribution in [0.25, 0.3) is 6.08 Å². The average molecular weight is 387 g/mol. The monoisotopic (exact) mass is 387 g/mol. The molecule has 1 N–H and O–H groups in total. The third-order valence-electron chi connectivity index (χ3n) is 3.64. The van der Waals surface area contributed by atoms with E-state index in [-0.39, 0.29) is 12.6 Å². The second-order valence-electron chi connectivity index (χ2n) is 6.29. The number of ether oxygens (including phenoxy) is 3. The molecule has 1 aromatic carbocycles. The molecule has 28 heavy (non-hydrogen) atoms. The Bertz CT molecular complexity index is 810. The number of hydrogen-bond donors (Lipinski definition) is 1. The smallest absolute Gasteiger partial charge is 0.331 e. The predicted octanol–water partition coefficient (Wildman–Crippen LogP) is 3.34. The van der Waals surface area contributed by atoms with E-state index in [1.807, 2.05) is 13.8 Å². The number of carbonyl (C=O) groups is 2. The fraction of sp³-hybridized carbons (Fsp3) is 0.333. The fourth-order valence-electron chi connectivity index (χ4n) is 2.30. The molecule has 150 valence electrons. The van der Waals surface area contributed by atoms with E-state index in [9.17, 15) is 9.59 Å². The standard InChI is InChI=1S/C21H25NO6/c1-14(2)27-18-9-7-16(12-19(18)25-4)8-10-20(23)28-15(3)21(24)22-13-17-6-5-11-26-17/h5-12,14-15H,13H2,1-4H3,(H,22,24)/b10-8+/t15-/m1/s1. The van der Waals surface area contributed by atoms with Gasteiger partial charge in [-0.25, -0.2) is 4.79 Å².